The lowest BCUT2D eigenvalue weighted by atomic mass is 10.1. The van der Waals surface area contributed by atoms with E-state index in [-0.39, 0.29) is 6.10 Å². The number of hydrogen-bond acceptors (Lipinski definition) is 4. The summed E-state index contributed by atoms with van der Waals surface area (Å²) in [6.45, 7) is 3.31. The van der Waals surface area contributed by atoms with Crippen LogP contribution < -0.4 is 5.32 Å². The minimum Gasteiger partial charge on any atom is -0.382 e. The zero-order chi connectivity index (χ0) is 14.6. The molecule has 0 spiro atoms. The van der Waals surface area contributed by atoms with Gasteiger partial charge in [-0.25, -0.2) is 0 Å². The number of rotatable bonds is 11. The number of likely N-dealkylation sites (N-methyl/N-ethyl adjacent to an activating group) is 1. The van der Waals surface area contributed by atoms with Crippen LogP contribution in [0.25, 0.3) is 0 Å². The summed E-state index contributed by atoms with van der Waals surface area (Å²) in [4.78, 5) is 0. The van der Waals surface area contributed by atoms with Crippen LogP contribution in [0, 0.1) is 0 Å². The van der Waals surface area contributed by atoms with Crippen molar-refractivity contribution < 1.29 is 14.2 Å². The first-order valence-electron chi connectivity index (χ1n) is 6.87. The molecule has 1 N–H and O–H groups in total. The molecule has 114 valence electrons. The first-order valence-corrected chi connectivity index (χ1v) is 7.24. The van der Waals surface area contributed by atoms with Gasteiger partial charge in [0.15, 0.2) is 0 Å². The SMILES string of the molecule is CNCC(OCCCOCCOC)c1ccccc1Cl. The zero-order valence-corrected chi connectivity index (χ0v) is 13.0. The highest BCUT2D eigenvalue weighted by Crippen LogP contribution is 2.25. The number of hydrogen-bond donors (Lipinski definition) is 1. The van der Waals surface area contributed by atoms with Crippen molar-refractivity contribution in [2.24, 2.45) is 0 Å². The highest BCUT2D eigenvalue weighted by molar-refractivity contribution is 6.31. The van der Waals surface area contributed by atoms with Crippen molar-refractivity contribution in [2.45, 2.75) is 12.5 Å². The van der Waals surface area contributed by atoms with E-state index in [9.17, 15) is 0 Å². The highest BCUT2D eigenvalue weighted by Gasteiger charge is 2.13. The third kappa shape index (κ3) is 6.68. The maximum absolute atomic E-state index is 6.21. The van der Waals surface area contributed by atoms with Crippen molar-refractivity contribution in [3.63, 3.8) is 0 Å². The molecule has 1 atom stereocenters. The van der Waals surface area contributed by atoms with Crippen LogP contribution in [-0.2, 0) is 14.2 Å². The van der Waals surface area contributed by atoms with Gasteiger partial charge >= 0.3 is 0 Å². The molecule has 0 aromatic heterocycles. The highest BCUT2D eigenvalue weighted by atomic mass is 35.5. The molecule has 0 aliphatic heterocycles. The lowest BCUT2D eigenvalue weighted by Gasteiger charge is -2.19. The Bertz CT molecular complexity index is 363. The molecule has 1 aromatic rings. The molecule has 20 heavy (non-hydrogen) atoms. The van der Waals surface area contributed by atoms with Crippen LogP contribution in [0.3, 0.4) is 0 Å². The van der Waals surface area contributed by atoms with Gasteiger partial charge in [-0.1, -0.05) is 29.8 Å². The van der Waals surface area contributed by atoms with E-state index in [2.05, 4.69) is 5.32 Å². The molecule has 5 heteroatoms. The van der Waals surface area contributed by atoms with Gasteiger partial charge in [-0.3, -0.25) is 0 Å². The van der Waals surface area contributed by atoms with Gasteiger partial charge < -0.3 is 19.5 Å². The van der Waals surface area contributed by atoms with Crippen LogP contribution in [-0.4, -0.2) is 47.1 Å². The topological polar surface area (TPSA) is 39.7 Å². The number of benzene rings is 1. The molecule has 0 bridgehead atoms. The minimum atomic E-state index is -0.0346. The van der Waals surface area contributed by atoms with Crippen molar-refractivity contribution in [3.05, 3.63) is 34.9 Å². The molecular weight excluding hydrogens is 278 g/mol. The molecule has 4 nitrogen and oxygen atoms in total. The molecule has 0 fully saturated rings. The molecule has 1 aromatic carbocycles. The van der Waals surface area contributed by atoms with Crippen molar-refractivity contribution in [3.8, 4) is 0 Å². The lowest BCUT2D eigenvalue weighted by Crippen LogP contribution is -2.21. The Morgan fingerprint density at radius 3 is 2.65 bits per heavy atom. The largest absolute Gasteiger partial charge is 0.382 e. The van der Waals surface area contributed by atoms with Crippen LogP contribution in [0.15, 0.2) is 24.3 Å². The molecule has 1 rings (SSSR count). The standard InChI is InChI=1S/C15H24ClNO3/c1-17-12-15(13-6-3-4-7-14(13)16)20-9-5-8-19-11-10-18-2/h3-4,6-7,15,17H,5,8-12H2,1-2H3. The average molecular weight is 302 g/mol. The van der Waals surface area contributed by atoms with E-state index in [1.807, 2.05) is 31.3 Å². The molecule has 0 heterocycles. The second-order valence-electron chi connectivity index (χ2n) is 4.40. The van der Waals surface area contributed by atoms with E-state index >= 15 is 0 Å². The van der Waals surface area contributed by atoms with E-state index in [4.69, 9.17) is 25.8 Å². The van der Waals surface area contributed by atoms with Crippen LogP contribution >= 0.6 is 11.6 Å². The van der Waals surface area contributed by atoms with Crippen molar-refractivity contribution in [1.82, 2.24) is 5.32 Å². The fraction of sp³-hybridized carbons (Fsp3) is 0.600. The number of methoxy groups -OCH3 is 1. The molecule has 0 aliphatic carbocycles. The lowest BCUT2D eigenvalue weighted by molar-refractivity contribution is 0.0237. The van der Waals surface area contributed by atoms with Crippen LogP contribution in [0.5, 0.6) is 0 Å². The summed E-state index contributed by atoms with van der Waals surface area (Å²) in [5.41, 5.74) is 1.02. The summed E-state index contributed by atoms with van der Waals surface area (Å²) in [5, 5.41) is 3.87. The fourth-order valence-electron chi connectivity index (χ4n) is 1.81. The molecule has 1 unspecified atom stereocenters. The van der Waals surface area contributed by atoms with E-state index in [0.717, 1.165) is 23.6 Å². The fourth-order valence-corrected chi connectivity index (χ4v) is 2.07. The molecule has 0 radical (unpaired) electrons. The van der Waals surface area contributed by atoms with Crippen molar-refractivity contribution >= 4 is 11.6 Å². The van der Waals surface area contributed by atoms with Gasteiger partial charge in [0.1, 0.15) is 0 Å². The average Bonchev–Trinajstić information content (AvgIpc) is 2.46. The normalized spacial score (nSPS) is 12.6. The number of nitrogens with one attached hydrogen (secondary N) is 1. The van der Waals surface area contributed by atoms with Gasteiger partial charge in [0.2, 0.25) is 0 Å². The first kappa shape index (κ1) is 17.4. The molecular formula is C15H24ClNO3. The third-order valence-corrected chi connectivity index (χ3v) is 3.17. The maximum Gasteiger partial charge on any atom is 0.0963 e. The van der Waals surface area contributed by atoms with Crippen LogP contribution in [0.2, 0.25) is 5.02 Å². The van der Waals surface area contributed by atoms with Gasteiger partial charge in [-0.05, 0) is 19.5 Å². The van der Waals surface area contributed by atoms with E-state index in [1.165, 1.54) is 0 Å². The predicted octanol–water partition coefficient (Wildman–Crippen LogP) is 2.67. The third-order valence-electron chi connectivity index (χ3n) is 2.83. The van der Waals surface area contributed by atoms with Crippen LogP contribution in [0.1, 0.15) is 18.1 Å². The summed E-state index contributed by atoms with van der Waals surface area (Å²) in [7, 11) is 3.57. The molecule has 0 saturated carbocycles. The predicted molar refractivity (Wildman–Crippen MR) is 81.4 cm³/mol. The summed E-state index contributed by atoms with van der Waals surface area (Å²) in [6.07, 6.45) is 0.821. The Kier molecular flexibility index (Phi) is 9.62. The molecule has 0 amide bonds. The minimum absolute atomic E-state index is 0.0346. The number of halogens is 1. The molecule has 0 aliphatic rings. The summed E-state index contributed by atoms with van der Waals surface area (Å²) >= 11 is 6.21. The zero-order valence-electron chi connectivity index (χ0n) is 12.2. The Labute approximate surface area is 126 Å². The van der Waals surface area contributed by atoms with Crippen molar-refractivity contribution in [2.75, 3.05) is 47.1 Å². The van der Waals surface area contributed by atoms with E-state index in [1.54, 1.807) is 7.11 Å². The second kappa shape index (κ2) is 11.1. The van der Waals surface area contributed by atoms with E-state index in [0.29, 0.717) is 26.4 Å². The van der Waals surface area contributed by atoms with Gasteiger partial charge in [0.05, 0.1) is 19.3 Å². The quantitative estimate of drug-likeness (QED) is 0.638. The Balaban J connectivity index is 2.31. The van der Waals surface area contributed by atoms with Gasteiger partial charge in [0.25, 0.3) is 0 Å². The summed E-state index contributed by atoms with van der Waals surface area (Å²) < 4.78 is 16.2. The Hall–Kier alpha value is -0.650. The Morgan fingerprint density at radius 1 is 1.15 bits per heavy atom. The smallest absolute Gasteiger partial charge is 0.0963 e. The van der Waals surface area contributed by atoms with Gasteiger partial charge in [0, 0.05) is 37.5 Å². The second-order valence-corrected chi connectivity index (χ2v) is 4.80. The maximum atomic E-state index is 6.21. The van der Waals surface area contributed by atoms with E-state index < -0.39 is 0 Å². The monoisotopic (exact) mass is 301 g/mol. The summed E-state index contributed by atoms with van der Waals surface area (Å²) in [5.74, 6) is 0. The number of ether oxygens (including phenoxy) is 3. The first-order chi connectivity index (χ1) is 9.79. The molecule has 0 saturated heterocycles. The summed E-state index contributed by atoms with van der Waals surface area (Å²) in [6, 6.07) is 7.78. The van der Waals surface area contributed by atoms with Gasteiger partial charge in [-0.2, -0.15) is 0 Å². The van der Waals surface area contributed by atoms with Crippen LogP contribution in [0.4, 0.5) is 0 Å². The Morgan fingerprint density at radius 2 is 1.95 bits per heavy atom. The van der Waals surface area contributed by atoms with Crippen molar-refractivity contribution in [1.29, 1.82) is 0 Å². The van der Waals surface area contributed by atoms with Gasteiger partial charge in [-0.15, -0.1) is 0 Å².